The third-order valence-electron chi connectivity index (χ3n) is 15.3. The second kappa shape index (κ2) is 31.8. The number of benzene rings is 2. The molecule has 0 radical (unpaired) electrons. The van der Waals surface area contributed by atoms with Crippen LogP contribution >= 0.6 is 7.52 Å². The maximum Gasteiger partial charge on any atom is 0.410 e. The molecule has 0 saturated carbocycles. The number of methoxy groups -OCH3 is 2. The molecule has 5 amide bonds. The van der Waals surface area contributed by atoms with E-state index in [4.69, 9.17) is 34.6 Å². The standard InChI is InChI=1S/C57H87N6O19P/c1-14-33(7)45(41(77-12)29-42(65)63-25-19-22-39(63)50(78-13)34(8)52(70)58-35(9)46(66)37-20-17-16-18-21-37)61(10)54(72)43(31(3)4)59-53(71)44(32(5)6)62(11)57(75)79-30-36-23-24-40(38(28-36)60-83(76,15-2)80-27-26-64)81-56-49(69)47(67)48(68)51(82-56)55(73)74/h2,16-18,20-21,23-24,28,31-35,39,41,43-51,56,64,66-69H,14,19,22,25-27,29-30H2,1,3-13H3,(H,58,70)(H,59,71)(H,60,76)(H,73,74)/t33-,34+,35+,39-,41+,43-,44-,45-,46+,47+,48+,49?,50+,51?,56-,83?/m1/s1. The average Bonchev–Trinajstić information content (AvgIpc) is 4.14. The van der Waals surface area contributed by atoms with Crippen LogP contribution in [0.2, 0.25) is 0 Å². The second-order valence-corrected chi connectivity index (χ2v) is 23.7. The number of rotatable bonds is 30. The van der Waals surface area contributed by atoms with E-state index in [9.17, 15) is 64.0 Å². The van der Waals surface area contributed by atoms with E-state index in [1.165, 1.54) is 44.4 Å². The fraction of sp³-hybridized carbons (Fsp3) is 0.649. The first-order chi connectivity index (χ1) is 39.1. The van der Waals surface area contributed by atoms with Gasteiger partial charge in [-0.1, -0.05) is 91.3 Å². The molecule has 2 heterocycles. The quantitative estimate of drug-likeness (QED) is 0.0401. The van der Waals surface area contributed by atoms with Gasteiger partial charge in [0.25, 0.3) is 0 Å². The van der Waals surface area contributed by atoms with Crippen molar-refractivity contribution in [2.45, 2.75) is 167 Å². The summed E-state index contributed by atoms with van der Waals surface area (Å²) in [6.45, 7) is 13.1. The molecule has 3 unspecified atom stereocenters. The Morgan fingerprint density at radius 2 is 1.55 bits per heavy atom. The Kier molecular flexibility index (Phi) is 26.7. The maximum atomic E-state index is 14.8. The van der Waals surface area contributed by atoms with Gasteiger partial charge in [0.05, 0.1) is 67.7 Å². The van der Waals surface area contributed by atoms with E-state index >= 15 is 0 Å². The highest BCUT2D eigenvalue weighted by Gasteiger charge is 2.49. The molecule has 0 aromatic heterocycles. The first-order valence-corrected chi connectivity index (χ1v) is 29.4. The summed E-state index contributed by atoms with van der Waals surface area (Å²) in [6.07, 6.45) is -6.15. The number of amides is 5. The van der Waals surface area contributed by atoms with Gasteiger partial charge in [0.1, 0.15) is 42.8 Å². The van der Waals surface area contributed by atoms with Gasteiger partial charge in [-0.15, -0.1) is 6.42 Å². The molecule has 0 spiro atoms. The largest absolute Gasteiger partial charge is 0.479 e. The van der Waals surface area contributed by atoms with Crippen molar-refractivity contribution in [1.29, 1.82) is 0 Å². The first-order valence-electron chi connectivity index (χ1n) is 27.8. The Morgan fingerprint density at radius 3 is 2.12 bits per heavy atom. The van der Waals surface area contributed by atoms with E-state index in [1.807, 2.05) is 25.6 Å². The molecule has 2 saturated heterocycles. The van der Waals surface area contributed by atoms with Crippen LogP contribution < -0.4 is 20.5 Å². The minimum atomic E-state index is -4.26. The van der Waals surface area contributed by atoms with Crippen LogP contribution in [0.3, 0.4) is 0 Å². The number of terminal acetylenes is 1. The van der Waals surface area contributed by atoms with Gasteiger partial charge in [0.2, 0.25) is 29.9 Å². The predicted octanol–water partition coefficient (Wildman–Crippen LogP) is 3.05. The fourth-order valence-electron chi connectivity index (χ4n) is 10.5. The van der Waals surface area contributed by atoms with Gasteiger partial charge in [-0.2, -0.15) is 0 Å². The number of likely N-dealkylation sites (N-methyl/N-ethyl adjacent to an activating group) is 2. The molecule has 16 atom stereocenters. The summed E-state index contributed by atoms with van der Waals surface area (Å²) >= 11 is 0. The van der Waals surface area contributed by atoms with Crippen LogP contribution in [-0.4, -0.2) is 202 Å². The summed E-state index contributed by atoms with van der Waals surface area (Å²) in [5, 5.41) is 69.3. The van der Waals surface area contributed by atoms with Crippen molar-refractivity contribution in [2.75, 3.05) is 53.2 Å². The maximum absolute atomic E-state index is 14.8. The monoisotopic (exact) mass is 1190 g/mol. The van der Waals surface area contributed by atoms with Crippen molar-refractivity contribution in [3.8, 4) is 17.8 Å². The number of carboxylic acid groups (broad SMARTS) is 1. The highest BCUT2D eigenvalue weighted by molar-refractivity contribution is 7.65. The van der Waals surface area contributed by atoms with Crippen molar-refractivity contribution in [1.82, 2.24) is 25.3 Å². The lowest BCUT2D eigenvalue weighted by molar-refractivity contribution is -0.271. The number of ether oxygens (including phenoxy) is 5. The van der Waals surface area contributed by atoms with E-state index < -0.39 is 148 Å². The van der Waals surface area contributed by atoms with Crippen LogP contribution in [-0.2, 0) is 58.6 Å². The highest BCUT2D eigenvalue weighted by Crippen LogP contribution is 2.48. The molecule has 2 fully saturated rings. The molecule has 2 aromatic rings. The van der Waals surface area contributed by atoms with Gasteiger partial charge in [-0.25, -0.2) is 9.59 Å². The molecule has 83 heavy (non-hydrogen) atoms. The van der Waals surface area contributed by atoms with Gasteiger partial charge >= 0.3 is 19.6 Å². The zero-order valence-electron chi connectivity index (χ0n) is 49.4. The van der Waals surface area contributed by atoms with Crippen LogP contribution in [0, 0.1) is 35.8 Å². The summed E-state index contributed by atoms with van der Waals surface area (Å²) in [7, 11) is 1.65. The molecule has 26 heteroatoms. The summed E-state index contributed by atoms with van der Waals surface area (Å²) in [4.78, 5) is 87.2. The van der Waals surface area contributed by atoms with Gasteiger partial charge in [0.15, 0.2) is 6.10 Å². The number of likely N-dealkylation sites (tertiary alicyclic amines) is 1. The van der Waals surface area contributed by atoms with Crippen LogP contribution in [0.5, 0.6) is 5.75 Å². The third kappa shape index (κ3) is 17.8. The van der Waals surface area contributed by atoms with Crippen LogP contribution in [0.4, 0.5) is 10.5 Å². The molecular weight excluding hydrogens is 1100 g/mol. The zero-order valence-corrected chi connectivity index (χ0v) is 50.3. The SMILES string of the molecule is C#CP(=O)(Nc1cc(COC(=O)N(C)[C@@H](C(=O)N[C@@H](C(=O)N(C)[C@H]([C@H](C)CC)[C@H](CC(=O)N2CCC[C@@H]2[C@@H](OC)[C@H](C)C(=O)N[C@@H](C)[C@H](O)c2ccccc2)OC)C(C)C)C(C)C)ccc1O[C@@H]1OC(C(=O)O)[C@@H](O)[C@H](O)C1O)OCCO. The van der Waals surface area contributed by atoms with Crippen LogP contribution in [0.1, 0.15) is 98.3 Å². The lowest BCUT2D eigenvalue weighted by Gasteiger charge is -2.41. The lowest BCUT2D eigenvalue weighted by atomic mass is 9.89. The number of nitrogens with zero attached hydrogens (tertiary/aromatic N) is 3. The van der Waals surface area contributed by atoms with E-state index in [-0.39, 0.29) is 41.2 Å². The Balaban J connectivity index is 1.50. The van der Waals surface area contributed by atoms with E-state index in [2.05, 4.69) is 15.7 Å². The predicted molar refractivity (Wildman–Crippen MR) is 303 cm³/mol. The van der Waals surface area contributed by atoms with Gasteiger partial charge < -0.3 is 84.4 Å². The number of nitrogens with one attached hydrogen (secondary N) is 3. The number of hydrogen-bond donors (Lipinski definition) is 9. The lowest BCUT2D eigenvalue weighted by Crippen LogP contribution is -2.61. The topological polar surface area (TPSA) is 342 Å². The van der Waals surface area contributed by atoms with Crippen LogP contribution in [0.25, 0.3) is 0 Å². The first kappa shape index (κ1) is 69.6. The van der Waals surface area contributed by atoms with Crippen molar-refractivity contribution >= 4 is 48.9 Å². The molecule has 9 N–H and O–H groups in total. The summed E-state index contributed by atoms with van der Waals surface area (Å²) in [6, 6.07) is 8.79. The molecule has 0 bridgehead atoms. The number of hydrogen-bond acceptors (Lipinski definition) is 18. The zero-order chi connectivity index (χ0) is 62.2. The minimum absolute atomic E-state index is 0.121. The minimum Gasteiger partial charge on any atom is -0.479 e. The van der Waals surface area contributed by atoms with Crippen LogP contribution in [0.15, 0.2) is 48.5 Å². The summed E-state index contributed by atoms with van der Waals surface area (Å²) < 4.78 is 47.3. The second-order valence-electron chi connectivity index (χ2n) is 21.9. The number of carbonyl (C=O) groups excluding carboxylic acids is 5. The molecule has 2 aliphatic heterocycles. The average molecular weight is 1190 g/mol. The smallest absolute Gasteiger partial charge is 0.410 e. The number of carboxylic acids is 1. The molecular formula is C57H87N6O19P. The Bertz CT molecular complexity index is 2570. The van der Waals surface area contributed by atoms with E-state index in [0.29, 0.717) is 31.4 Å². The van der Waals surface area contributed by atoms with Gasteiger partial charge in [-0.3, -0.25) is 28.6 Å². The Hall–Kier alpha value is -5.91. The number of carbonyl (C=O) groups is 6. The molecule has 2 aromatic carbocycles. The number of anilines is 1. The Morgan fingerprint density at radius 1 is 0.892 bits per heavy atom. The molecule has 4 rings (SSSR count). The number of aliphatic hydroxyl groups is 5. The Labute approximate surface area is 486 Å². The molecule has 464 valence electrons. The van der Waals surface area contributed by atoms with Gasteiger partial charge in [-0.05, 0) is 60.8 Å². The van der Waals surface area contributed by atoms with Crippen molar-refractivity contribution < 1.29 is 92.2 Å². The van der Waals surface area contributed by atoms with Gasteiger partial charge in [0, 0.05) is 40.5 Å². The molecule has 2 aliphatic rings. The molecule has 25 nitrogen and oxygen atoms in total. The summed E-state index contributed by atoms with van der Waals surface area (Å²) in [5.74, 6) is -5.63. The fourth-order valence-corrected chi connectivity index (χ4v) is 11.5. The van der Waals surface area contributed by atoms with Crippen molar-refractivity contribution in [3.05, 3.63) is 59.7 Å². The number of aliphatic hydroxyl groups excluding tert-OH is 5. The molecule has 0 aliphatic carbocycles. The third-order valence-corrected chi connectivity index (χ3v) is 16.8. The van der Waals surface area contributed by atoms with Crippen molar-refractivity contribution in [2.24, 2.45) is 23.7 Å². The number of aliphatic carboxylic acids is 1. The highest BCUT2D eigenvalue weighted by atomic mass is 31.2. The van der Waals surface area contributed by atoms with E-state index in [0.717, 1.165) is 4.90 Å². The normalized spacial score (nSPS) is 22.9. The van der Waals surface area contributed by atoms with Crippen molar-refractivity contribution in [3.63, 3.8) is 0 Å². The summed E-state index contributed by atoms with van der Waals surface area (Å²) in [5.41, 5.74) is 2.61. The van der Waals surface area contributed by atoms with E-state index in [1.54, 1.807) is 77.8 Å².